The second-order valence-electron chi connectivity index (χ2n) is 8.01. The normalized spacial score (nSPS) is 25.5. The maximum atomic E-state index is 2.71. The first-order valence-corrected chi connectivity index (χ1v) is 9.11. The predicted molar refractivity (Wildman–Crippen MR) is 102 cm³/mol. The zero-order valence-corrected chi connectivity index (χ0v) is 15.5. The van der Waals surface area contributed by atoms with Crippen LogP contribution in [0.15, 0.2) is 42.5 Å². The van der Waals surface area contributed by atoms with E-state index < -0.39 is 0 Å². The third-order valence-corrected chi connectivity index (χ3v) is 6.44. The zero-order chi connectivity index (χ0) is 17.1. The van der Waals surface area contributed by atoms with E-state index in [-0.39, 0.29) is 5.54 Å². The van der Waals surface area contributed by atoms with E-state index in [2.05, 4.69) is 86.9 Å². The van der Waals surface area contributed by atoms with Crippen molar-refractivity contribution in [2.75, 3.05) is 18.0 Å². The molecule has 2 heteroatoms. The van der Waals surface area contributed by atoms with E-state index in [1.807, 2.05) is 0 Å². The van der Waals surface area contributed by atoms with Crippen molar-refractivity contribution in [1.82, 2.24) is 4.90 Å². The third-order valence-electron chi connectivity index (χ3n) is 6.44. The molecule has 126 valence electrons. The first-order valence-electron chi connectivity index (χ1n) is 9.11. The zero-order valence-electron chi connectivity index (χ0n) is 15.5. The van der Waals surface area contributed by atoms with Crippen molar-refractivity contribution < 1.29 is 0 Å². The van der Waals surface area contributed by atoms with Crippen LogP contribution < -0.4 is 4.90 Å². The summed E-state index contributed by atoms with van der Waals surface area (Å²) in [5.41, 5.74) is 7.36. The molecule has 2 atom stereocenters. The molecule has 2 nitrogen and oxygen atoms in total. The third kappa shape index (κ3) is 2.05. The van der Waals surface area contributed by atoms with Gasteiger partial charge in [-0.1, -0.05) is 49.4 Å². The summed E-state index contributed by atoms with van der Waals surface area (Å²) in [6, 6.07) is 15.7. The molecule has 0 radical (unpaired) electrons. The van der Waals surface area contributed by atoms with Crippen molar-refractivity contribution in [3.05, 3.63) is 64.7 Å². The Labute approximate surface area is 146 Å². The number of nitrogens with zero attached hydrogens (tertiary/aromatic N) is 2. The lowest BCUT2D eigenvalue weighted by Gasteiger charge is -2.50. The molecule has 0 N–H and O–H groups in total. The molecule has 24 heavy (non-hydrogen) atoms. The Morgan fingerprint density at radius 2 is 1.50 bits per heavy atom. The molecule has 4 rings (SSSR count). The summed E-state index contributed by atoms with van der Waals surface area (Å²) >= 11 is 0. The fraction of sp³-hybridized carbons (Fsp3) is 0.455. The minimum Gasteiger partial charge on any atom is -0.350 e. The molecule has 2 aromatic rings. The highest BCUT2D eigenvalue weighted by Crippen LogP contribution is 2.50. The Balaban J connectivity index is 1.90. The van der Waals surface area contributed by atoms with Crippen LogP contribution in [0.25, 0.3) is 0 Å². The summed E-state index contributed by atoms with van der Waals surface area (Å²) in [5.74, 6) is 0.544. The van der Waals surface area contributed by atoms with Crippen LogP contribution in [0, 0.1) is 13.8 Å². The molecule has 1 fully saturated rings. The standard InChI is InChI=1S/C22H28N2/c1-15-9-8-10-16(2)20(15)23-13-14-24-21(23)19-12-7-6-11-18(19)17(3)22(24,4)5/h6-12,17,21H,13-14H2,1-5H3. The van der Waals surface area contributed by atoms with Gasteiger partial charge in [-0.3, -0.25) is 4.90 Å². The van der Waals surface area contributed by atoms with Crippen molar-refractivity contribution >= 4 is 5.69 Å². The second kappa shape index (κ2) is 5.35. The molecule has 2 aliphatic rings. The summed E-state index contributed by atoms with van der Waals surface area (Å²) < 4.78 is 0. The van der Waals surface area contributed by atoms with Crippen LogP contribution in [-0.4, -0.2) is 23.5 Å². The van der Waals surface area contributed by atoms with Crippen LogP contribution in [0.5, 0.6) is 0 Å². The Morgan fingerprint density at radius 3 is 2.17 bits per heavy atom. The van der Waals surface area contributed by atoms with Crippen LogP contribution >= 0.6 is 0 Å². The van der Waals surface area contributed by atoms with Crippen molar-refractivity contribution in [2.24, 2.45) is 0 Å². The minimum absolute atomic E-state index is 0.171. The first-order chi connectivity index (χ1) is 11.4. The molecule has 0 saturated carbocycles. The van der Waals surface area contributed by atoms with Gasteiger partial charge in [-0.15, -0.1) is 0 Å². The molecule has 2 unspecified atom stereocenters. The molecule has 0 amide bonds. The quantitative estimate of drug-likeness (QED) is 0.728. The van der Waals surface area contributed by atoms with Crippen LogP contribution in [0.1, 0.15) is 55.1 Å². The maximum Gasteiger partial charge on any atom is 0.109 e. The van der Waals surface area contributed by atoms with Crippen LogP contribution in [0.4, 0.5) is 5.69 Å². The summed E-state index contributed by atoms with van der Waals surface area (Å²) in [6.45, 7) is 13.9. The van der Waals surface area contributed by atoms with Crippen LogP contribution in [-0.2, 0) is 0 Å². The maximum absolute atomic E-state index is 2.71. The monoisotopic (exact) mass is 320 g/mol. The molecule has 2 aliphatic heterocycles. The molecular formula is C22H28N2. The predicted octanol–water partition coefficient (Wildman–Crippen LogP) is 5.02. The van der Waals surface area contributed by atoms with Gasteiger partial charge in [0.25, 0.3) is 0 Å². The van der Waals surface area contributed by atoms with Crippen LogP contribution in [0.3, 0.4) is 0 Å². The topological polar surface area (TPSA) is 6.48 Å². The van der Waals surface area contributed by atoms with E-state index in [0.717, 1.165) is 13.1 Å². The smallest absolute Gasteiger partial charge is 0.109 e. The number of hydrogen-bond donors (Lipinski definition) is 0. The Hall–Kier alpha value is -1.80. The highest BCUT2D eigenvalue weighted by molar-refractivity contribution is 5.62. The molecule has 2 heterocycles. The van der Waals surface area contributed by atoms with Gasteiger partial charge in [0.05, 0.1) is 0 Å². The fourth-order valence-electron chi connectivity index (χ4n) is 4.83. The average Bonchev–Trinajstić information content (AvgIpc) is 2.99. The SMILES string of the molecule is Cc1cccc(C)c1N1CCN2C1c1ccccc1C(C)C2(C)C. The van der Waals surface area contributed by atoms with Gasteiger partial charge in [-0.25, -0.2) is 0 Å². The lowest BCUT2D eigenvalue weighted by Crippen LogP contribution is -2.52. The second-order valence-corrected chi connectivity index (χ2v) is 8.01. The highest BCUT2D eigenvalue weighted by atomic mass is 15.4. The number of para-hydroxylation sites is 1. The molecule has 0 spiro atoms. The van der Waals surface area contributed by atoms with Gasteiger partial charge in [0, 0.05) is 24.3 Å². The number of aryl methyl sites for hydroxylation is 2. The summed E-state index contributed by atoms with van der Waals surface area (Å²) in [5, 5.41) is 0. The van der Waals surface area contributed by atoms with Gasteiger partial charge in [0.15, 0.2) is 0 Å². The largest absolute Gasteiger partial charge is 0.350 e. The molecule has 0 bridgehead atoms. The molecule has 0 aromatic heterocycles. The lowest BCUT2D eigenvalue weighted by atomic mass is 9.75. The van der Waals surface area contributed by atoms with E-state index >= 15 is 0 Å². The van der Waals surface area contributed by atoms with Gasteiger partial charge < -0.3 is 4.90 Å². The summed E-state index contributed by atoms with van der Waals surface area (Å²) in [7, 11) is 0. The first kappa shape index (κ1) is 15.7. The Bertz CT molecular complexity index is 757. The molecule has 0 aliphatic carbocycles. The molecule has 1 saturated heterocycles. The van der Waals surface area contributed by atoms with E-state index in [1.165, 1.54) is 27.9 Å². The van der Waals surface area contributed by atoms with Crippen molar-refractivity contribution in [2.45, 2.75) is 52.2 Å². The fourth-order valence-corrected chi connectivity index (χ4v) is 4.83. The number of fused-ring (bicyclic) bond motifs is 3. The molecular weight excluding hydrogens is 292 g/mol. The van der Waals surface area contributed by atoms with Crippen LogP contribution in [0.2, 0.25) is 0 Å². The van der Waals surface area contributed by atoms with Gasteiger partial charge >= 0.3 is 0 Å². The van der Waals surface area contributed by atoms with Crippen molar-refractivity contribution in [1.29, 1.82) is 0 Å². The number of benzene rings is 2. The van der Waals surface area contributed by atoms with Gasteiger partial charge in [0.2, 0.25) is 0 Å². The summed E-state index contributed by atoms with van der Waals surface area (Å²) in [4.78, 5) is 5.35. The van der Waals surface area contributed by atoms with Gasteiger partial charge in [-0.05, 0) is 55.9 Å². The average molecular weight is 320 g/mol. The summed E-state index contributed by atoms with van der Waals surface area (Å²) in [6.07, 6.45) is 0.354. The number of rotatable bonds is 1. The van der Waals surface area contributed by atoms with E-state index in [9.17, 15) is 0 Å². The lowest BCUT2D eigenvalue weighted by molar-refractivity contribution is 0.0687. The highest BCUT2D eigenvalue weighted by Gasteiger charge is 2.49. The number of hydrogen-bond acceptors (Lipinski definition) is 2. The number of anilines is 1. The van der Waals surface area contributed by atoms with E-state index in [4.69, 9.17) is 0 Å². The minimum atomic E-state index is 0.171. The Kier molecular flexibility index (Phi) is 3.50. The molecule has 2 aromatic carbocycles. The van der Waals surface area contributed by atoms with Gasteiger partial charge in [-0.2, -0.15) is 0 Å². The van der Waals surface area contributed by atoms with E-state index in [1.54, 1.807) is 0 Å². The van der Waals surface area contributed by atoms with Crippen molar-refractivity contribution in [3.8, 4) is 0 Å². The van der Waals surface area contributed by atoms with E-state index in [0.29, 0.717) is 12.1 Å². The Morgan fingerprint density at radius 1 is 0.875 bits per heavy atom. The van der Waals surface area contributed by atoms with Crippen molar-refractivity contribution in [3.63, 3.8) is 0 Å². The van der Waals surface area contributed by atoms with Gasteiger partial charge in [0.1, 0.15) is 6.17 Å².